The van der Waals surface area contributed by atoms with Crippen molar-refractivity contribution in [3.8, 4) is 0 Å². The fourth-order valence-electron chi connectivity index (χ4n) is 1.86. The molecule has 0 aliphatic carbocycles. The molecule has 0 spiro atoms. The highest BCUT2D eigenvalue weighted by Crippen LogP contribution is 2.16. The first kappa shape index (κ1) is 15.0. The number of nitrogens with zero attached hydrogens (tertiary/aromatic N) is 1. The monoisotopic (exact) mass is 296 g/mol. The Hall–Kier alpha value is -2.41. The zero-order chi connectivity index (χ0) is 15.4. The van der Waals surface area contributed by atoms with Crippen molar-refractivity contribution in [1.29, 1.82) is 0 Å². The highest BCUT2D eigenvalue weighted by atomic mass is 19.1. The van der Waals surface area contributed by atoms with Crippen LogP contribution in [0.3, 0.4) is 0 Å². The highest BCUT2D eigenvalue weighted by Gasteiger charge is 2.10. The second-order valence-corrected chi connectivity index (χ2v) is 4.41. The number of nitrogens with one attached hydrogen (secondary N) is 1. The van der Waals surface area contributed by atoms with Crippen LogP contribution in [0, 0.1) is 27.6 Å². The molecule has 0 aliphatic heterocycles. The molecule has 1 N–H and O–H groups in total. The maximum Gasteiger partial charge on any atom is 0.272 e. The molecule has 2 aromatic rings. The molecule has 0 aliphatic rings. The second-order valence-electron chi connectivity index (χ2n) is 4.41. The summed E-state index contributed by atoms with van der Waals surface area (Å²) >= 11 is 0. The van der Waals surface area contributed by atoms with Crippen LogP contribution in [0.25, 0.3) is 0 Å². The number of nitro groups is 1. The quantitative estimate of drug-likeness (QED) is 0.680. The van der Waals surface area contributed by atoms with Gasteiger partial charge in [0.15, 0.2) is 0 Å². The highest BCUT2D eigenvalue weighted by molar-refractivity contribution is 5.35. The fraction of sp³-hybridized carbons (Fsp3) is 0.143. The summed E-state index contributed by atoms with van der Waals surface area (Å²) in [4.78, 5) is 9.91. The van der Waals surface area contributed by atoms with E-state index in [1.165, 1.54) is 6.07 Å². The van der Waals surface area contributed by atoms with E-state index in [9.17, 15) is 23.3 Å². The van der Waals surface area contributed by atoms with Crippen LogP contribution in [0.5, 0.6) is 0 Å². The second kappa shape index (κ2) is 6.36. The molecule has 0 bridgehead atoms. The number of halogens is 3. The molecule has 0 saturated carbocycles. The van der Waals surface area contributed by atoms with Gasteiger partial charge in [-0.3, -0.25) is 10.1 Å². The average molecular weight is 296 g/mol. The predicted octanol–water partition coefficient (Wildman–Crippen LogP) is 3.30. The van der Waals surface area contributed by atoms with Crippen LogP contribution in [-0.2, 0) is 13.1 Å². The smallest absolute Gasteiger partial charge is 0.272 e. The Morgan fingerprint density at radius 2 is 1.76 bits per heavy atom. The third kappa shape index (κ3) is 4.03. The first-order valence-corrected chi connectivity index (χ1v) is 6.04. The zero-order valence-corrected chi connectivity index (χ0v) is 10.8. The van der Waals surface area contributed by atoms with E-state index in [2.05, 4.69) is 5.32 Å². The molecule has 2 aromatic carbocycles. The van der Waals surface area contributed by atoms with Gasteiger partial charge in [-0.2, -0.15) is 0 Å². The van der Waals surface area contributed by atoms with Crippen molar-refractivity contribution in [2.45, 2.75) is 13.1 Å². The number of nitro benzene ring substituents is 1. The summed E-state index contributed by atoms with van der Waals surface area (Å²) in [7, 11) is 0. The maximum atomic E-state index is 13.4. The zero-order valence-electron chi connectivity index (χ0n) is 10.8. The standard InChI is InChI=1S/C14H11F3N2O2/c15-11-1-2-14(17)10(5-11)8-18-7-9-3-12(16)6-13(4-9)19(20)21/h1-6,18H,7-8H2. The molecule has 0 heterocycles. The minimum Gasteiger partial charge on any atom is -0.309 e. The average Bonchev–Trinajstić information content (AvgIpc) is 2.42. The van der Waals surface area contributed by atoms with Gasteiger partial charge >= 0.3 is 0 Å². The van der Waals surface area contributed by atoms with Crippen molar-refractivity contribution in [2.75, 3.05) is 0 Å². The van der Waals surface area contributed by atoms with Crippen molar-refractivity contribution in [2.24, 2.45) is 0 Å². The Balaban J connectivity index is 2.03. The molecule has 2 rings (SSSR count). The van der Waals surface area contributed by atoms with Crippen LogP contribution in [-0.4, -0.2) is 4.92 Å². The van der Waals surface area contributed by atoms with Crippen molar-refractivity contribution in [3.05, 3.63) is 75.1 Å². The molecule has 0 amide bonds. The summed E-state index contributed by atoms with van der Waals surface area (Å²) in [5.74, 6) is -1.85. The molecule has 7 heteroatoms. The third-order valence-electron chi connectivity index (χ3n) is 2.81. The van der Waals surface area contributed by atoms with E-state index in [0.717, 1.165) is 30.3 Å². The number of benzene rings is 2. The lowest BCUT2D eigenvalue weighted by Crippen LogP contribution is -2.14. The largest absolute Gasteiger partial charge is 0.309 e. The number of hydrogen-bond donors (Lipinski definition) is 1. The topological polar surface area (TPSA) is 55.2 Å². The van der Waals surface area contributed by atoms with Crippen LogP contribution in [0.15, 0.2) is 36.4 Å². The van der Waals surface area contributed by atoms with Crippen LogP contribution >= 0.6 is 0 Å². The number of rotatable bonds is 5. The lowest BCUT2D eigenvalue weighted by atomic mass is 10.1. The molecular weight excluding hydrogens is 285 g/mol. The van der Waals surface area contributed by atoms with Gasteiger partial charge in [0.25, 0.3) is 5.69 Å². The molecule has 0 radical (unpaired) electrons. The van der Waals surface area contributed by atoms with E-state index in [0.29, 0.717) is 5.56 Å². The van der Waals surface area contributed by atoms with Gasteiger partial charge in [-0.25, -0.2) is 13.2 Å². The lowest BCUT2D eigenvalue weighted by Gasteiger charge is -2.07. The van der Waals surface area contributed by atoms with Crippen molar-refractivity contribution in [3.63, 3.8) is 0 Å². The van der Waals surface area contributed by atoms with Crippen LogP contribution < -0.4 is 5.32 Å². The van der Waals surface area contributed by atoms with E-state index in [1.54, 1.807) is 0 Å². The minimum atomic E-state index is -0.724. The van der Waals surface area contributed by atoms with Gasteiger partial charge in [0.1, 0.15) is 17.5 Å². The Labute approximate surface area is 118 Å². The lowest BCUT2D eigenvalue weighted by molar-refractivity contribution is -0.385. The SMILES string of the molecule is O=[N+]([O-])c1cc(F)cc(CNCc2cc(F)ccc2F)c1. The first-order valence-electron chi connectivity index (χ1n) is 6.04. The Morgan fingerprint density at radius 1 is 1.00 bits per heavy atom. The molecule has 0 atom stereocenters. The van der Waals surface area contributed by atoms with E-state index in [4.69, 9.17) is 0 Å². The van der Waals surface area contributed by atoms with Gasteiger partial charge in [0.05, 0.1) is 11.0 Å². The summed E-state index contributed by atoms with van der Waals surface area (Å²) in [5.41, 5.74) is 0.114. The molecule has 110 valence electrons. The molecule has 0 saturated heterocycles. The molecule has 0 aromatic heterocycles. The summed E-state index contributed by atoms with van der Waals surface area (Å²) < 4.78 is 39.6. The molecular formula is C14H11F3N2O2. The molecule has 4 nitrogen and oxygen atoms in total. The first-order chi connectivity index (χ1) is 9.95. The number of non-ortho nitro benzene ring substituents is 1. The van der Waals surface area contributed by atoms with E-state index in [1.807, 2.05) is 0 Å². The van der Waals surface area contributed by atoms with E-state index < -0.39 is 22.4 Å². The van der Waals surface area contributed by atoms with Crippen molar-refractivity contribution < 1.29 is 18.1 Å². The third-order valence-corrected chi connectivity index (χ3v) is 2.81. The van der Waals surface area contributed by atoms with Crippen LogP contribution in [0.1, 0.15) is 11.1 Å². The Bertz CT molecular complexity index is 677. The minimum absolute atomic E-state index is 0.0217. The molecule has 0 fully saturated rings. The fourth-order valence-corrected chi connectivity index (χ4v) is 1.86. The van der Waals surface area contributed by atoms with Crippen LogP contribution in [0.4, 0.5) is 18.9 Å². The summed E-state index contributed by atoms with van der Waals surface area (Å²) in [6.07, 6.45) is 0. The van der Waals surface area contributed by atoms with Crippen molar-refractivity contribution in [1.82, 2.24) is 5.32 Å². The van der Waals surface area contributed by atoms with Crippen LogP contribution in [0.2, 0.25) is 0 Å². The van der Waals surface area contributed by atoms with E-state index >= 15 is 0 Å². The van der Waals surface area contributed by atoms with Gasteiger partial charge in [-0.1, -0.05) is 0 Å². The van der Waals surface area contributed by atoms with Gasteiger partial charge < -0.3 is 5.32 Å². The maximum absolute atomic E-state index is 13.4. The summed E-state index contributed by atoms with van der Waals surface area (Å²) in [5, 5.41) is 13.4. The van der Waals surface area contributed by atoms with Gasteiger partial charge in [-0.05, 0) is 29.8 Å². The summed E-state index contributed by atoms with van der Waals surface area (Å²) in [6, 6.07) is 6.25. The predicted molar refractivity (Wildman–Crippen MR) is 70.0 cm³/mol. The normalized spacial score (nSPS) is 10.6. The Morgan fingerprint density at radius 3 is 2.48 bits per heavy atom. The Kier molecular flexibility index (Phi) is 4.54. The molecule has 0 unspecified atom stereocenters. The van der Waals surface area contributed by atoms with E-state index in [-0.39, 0.29) is 24.3 Å². The van der Waals surface area contributed by atoms with Gasteiger partial charge in [0.2, 0.25) is 0 Å². The van der Waals surface area contributed by atoms with Crippen molar-refractivity contribution >= 4 is 5.69 Å². The number of hydrogen-bond acceptors (Lipinski definition) is 3. The molecule has 21 heavy (non-hydrogen) atoms. The van der Waals surface area contributed by atoms with Gasteiger partial charge in [-0.15, -0.1) is 0 Å². The summed E-state index contributed by atoms with van der Waals surface area (Å²) in [6.45, 7) is 0.114. The van der Waals surface area contributed by atoms with Gasteiger partial charge in [0, 0.05) is 24.7 Å².